The summed E-state index contributed by atoms with van der Waals surface area (Å²) in [5, 5.41) is 0. The van der Waals surface area contributed by atoms with Crippen LogP contribution in [0.1, 0.15) is 6.42 Å². The van der Waals surface area contributed by atoms with Crippen molar-refractivity contribution in [2.45, 2.75) is 6.42 Å². The third kappa shape index (κ3) is 7.06. The highest BCUT2D eigenvalue weighted by molar-refractivity contribution is 5.81. The van der Waals surface area contributed by atoms with Crippen LogP contribution in [0.4, 0.5) is 0 Å². The van der Waals surface area contributed by atoms with Crippen molar-refractivity contribution < 1.29 is 9.53 Å². The van der Waals surface area contributed by atoms with E-state index in [0.29, 0.717) is 6.61 Å². The van der Waals surface area contributed by atoms with E-state index in [2.05, 4.69) is 6.58 Å². The Balaban J connectivity index is 3.14. The van der Waals surface area contributed by atoms with Gasteiger partial charge in [0, 0.05) is 12.6 Å². The number of carbonyl (C=O) groups is 1. The average Bonchev–Trinajstić information content (AvgIpc) is 1.97. The van der Waals surface area contributed by atoms with E-state index in [1.165, 1.54) is 6.08 Å². The highest BCUT2D eigenvalue weighted by atomic mass is 16.5. The molecule has 0 aromatic rings. The van der Waals surface area contributed by atoms with Gasteiger partial charge in [-0.1, -0.05) is 6.58 Å². The maximum Gasteiger partial charge on any atom is 0.330 e. The molecule has 0 heterocycles. The molecule has 0 N–H and O–H groups in total. The summed E-state index contributed by atoms with van der Waals surface area (Å²) in [6, 6.07) is 0. The molecule has 0 rings (SSSR count). The highest BCUT2D eigenvalue weighted by Gasteiger charge is 1.94. The van der Waals surface area contributed by atoms with Gasteiger partial charge in [0.1, 0.15) is 0 Å². The lowest BCUT2D eigenvalue weighted by atomic mass is 10.4. The van der Waals surface area contributed by atoms with E-state index in [4.69, 9.17) is 4.74 Å². The largest absolute Gasteiger partial charge is 0.462 e. The number of ether oxygens (including phenoxy) is 1. The molecular weight excluding hydrogens is 142 g/mol. The molecule has 0 aromatic carbocycles. The second-order valence-electron chi connectivity index (χ2n) is 2.53. The Morgan fingerprint density at radius 2 is 2.27 bits per heavy atom. The number of hydrogen-bond donors (Lipinski definition) is 0. The molecule has 0 radical (unpaired) electrons. The van der Waals surface area contributed by atoms with Gasteiger partial charge in [0.25, 0.3) is 0 Å². The second kappa shape index (κ2) is 5.92. The summed E-state index contributed by atoms with van der Waals surface area (Å²) in [6.07, 6.45) is 2.04. The summed E-state index contributed by atoms with van der Waals surface area (Å²) in [5.74, 6) is -0.344. The topological polar surface area (TPSA) is 29.5 Å². The molecule has 0 saturated heterocycles. The molecule has 0 aromatic heterocycles. The van der Waals surface area contributed by atoms with Gasteiger partial charge in [-0.05, 0) is 20.5 Å². The van der Waals surface area contributed by atoms with E-state index >= 15 is 0 Å². The predicted molar refractivity (Wildman–Crippen MR) is 44.3 cm³/mol. The zero-order valence-corrected chi connectivity index (χ0v) is 7.17. The second-order valence-corrected chi connectivity index (χ2v) is 2.53. The first-order chi connectivity index (χ1) is 5.16. The highest BCUT2D eigenvalue weighted by Crippen LogP contribution is 1.86. The van der Waals surface area contributed by atoms with Crippen LogP contribution in [0.5, 0.6) is 0 Å². The van der Waals surface area contributed by atoms with Crippen LogP contribution in [0.3, 0.4) is 0 Å². The van der Waals surface area contributed by atoms with Crippen molar-refractivity contribution in [1.29, 1.82) is 0 Å². The zero-order valence-electron chi connectivity index (χ0n) is 7.17. The molecule has 0 saturated carbocycles. The lowest BCUT2D eigenvalue weighted by Gasteiger charge is -2.08. The Labute approximate surface area is 67.6 Å². The lowest BCUT2D eigenvalue weighted by Crippen LogP contribution is -2.15. The monoisotopic (exact) mass is 157 g/mol. The van der Waals surface area contributed by atoms with Crippen molar-refractivity contribution in [2.24, 2.45) is 0 Å². The number of esters is 1. The smallest absolute Gasteiger partial charge is 0.330 e. The van der Waals surface area contributed by atoms with Crippen LogP contribution in [0.25, 0.3) is 0 Å². The molecule has 0 unspecified atom stereocenters. The Kier molecular flexibility index (Phi) is 5.47. The molecule has 0 aliphatic heterocycles. The first kappa shape index (κ1) is 10.2. The van der Waals surface area contributed by atoms with Gasteiger partial charge in [-0.3, -0.25) is 0 Å². The third-order valence-electron chi connectivity index (χ3n) is 1.16. The van der Waals surface area contributed by atoms with Gasteiger partial charge in [0.15, 0.2) is 0 Å². The van der Waals surface area contributed by atoms with Crippen LogP contribution in [-0.2, 0) is 9.53 Å². The Hall–Kier alpha value is -0.830. The zero-order chi connectivity index (χ0) is 8.69. The minimum atomic E-state index is -0.344. The summed E-state index contributed by atoms with van der Waals surface area (Å²) < 4.78 is 4.76. The molecular formula is C8H15NO2. The standard InChI is InChI=1S/C8H15NO2/c1-4-8(10)11-7-5-6-9(2)3/h4H,1,5-7H2,2-3H3. The van der Waals surface area contributed by atoms with E-state index in [9.17, 15) is 4.79 Å². The molecule has 0 spiro atoms. The molecule has 0 bridgehead atoms. The van der Waals surface area contributed by atoms with Crippen LogP contribution >= 0.6 is 0 Å². The lowest BCUT2D eigenvalue weighted by molar-refractivity contribution is -0.137. The van der Waals surface area contributed by atoms with Gasteiger partial charge in [-0.25, -0.2) is 4.79 Å². The van der Waals surface area contributed by atoms with Crippen molar-refractivity contribution in [3.8, 4) is 0 Å². The van der Waals surface area contributed by atoms with Crippen molar-refractivity contribution in [1.82, 2.24) is 4.90 Å². The van der Waals surface area contributed by atoms with E-state index in [1.807, 2.05) is 19.0 Å². The van der Waals surface area contributed by atoms with E-state index in [-0.39, 0.29) is 5.97 Å². The van der Waals surface area contributed by atoms with Gasteiger partial charge >= 0.3 is 5.97 Å². The molecule has 3 nitrogen and oxygen atoms in total. The Morgan fingerprint density at radius 1 is 1.64 bits per heavy atom. The minimum Gasteiger partial charge on any atom is -0.462 e. The predicted octanol–water partition coefficient (Wildman–Crippen LogP) is 0.667. The number of rotatable bonds is 5. The van der Waals surface area contributed by atoms with Crippen molar-refractivity contribution in [3.63, 3.8) is 0 Å². The fourth-order valence-electron chi connectivity index (χ4n) is 0.612. The van der Waals surface area contributed by atoms with E-state index in [1.54, 1.807) is 0 Å². The summed E-state index contributed by atoms with van der Waals surface area (Å²) in [4.78, 5) is 12.5. The third-order valence-corrected chi connectivity index (χ3v) is 1.16. The van der Waals surface area contributed by atoms with Crippen molar-refractivity contribution >= 4 is 5.97 Å². The SMILES string of the molecule is C=CC(=O)OCCCN(C)C. The van der Waals surface area contributed by atoms with Gasteiger partial charge in [-0.2, -0.15) is 0 Å². The fraction of sp³-hybridized carbons (Fsp3) is 0.625. The number of nitrogens with zero attached hydrogens (tertiary/aromatic N) is 1. The molecule has 0 aliphatic rings. The van der Waals surface area contributed by atoms with Gasteiger partial charge in [0.2, 0.25) is 0 Å². The van der Waals surface area contributed by atoms with Gasteiger partial charge < -0.3 is 9.64 Å². The molecule has 0 fully saturated rings. The fourth-order valence-corrected chi connectivity index (χ4v) is 0.612. The minimum absolute atomic E-state index is 0.344. The normalized spacial score (nSPS) is 9.73. The Morgan fingerprint density at radius 3 is 2.73 bits per heavy atom. The molecule has 11 heavy (non-hydrogen) atoms. The number of carbonyl (C=O) groups excluding carboxylic acids is 1. The van der Waals surface area contributed by atoms with Gasteiger partial charge in [-0.15, -0.1) is 0 Å². The Bertz CT molecular complexity index is 132. The van der Waals surface area contributed by atoms with E-state index < -0.39 is 0 Å². The van der Waals surface area contributed by atoms with Crippen molar-refractivity contribution in [2.75, 3.05) is 27.2 Å². The van der Waals surface area contributed by atoms with Crippen LogP contribution in [0, 0.1) is 0 Å². The molecule has 3 heteroatoms. The summed E-state index contributed by atoms with van der Waals surface area (Å²) >= 11 is 0. The molecule has 64 valence electrons. The van der Waals surface area contributed by atoms with Crippen LogP contribution in [0.15, 0.2) is 12.7 Å². The van der Waals surface area contributed by atoms with E-state index in [0.717, 1.165) is 13.0 Å². The maximum absolute atomic E-state index is 10.5. The first-order valence-corrected chi connectivity index (χ1v) is 3.60. The maximum atomic E-state index is 10.5. The summed E-state index contributed by atoms with van der Waals surface area (Å²) in [7, 11) is 3.96. The van der Waals surface area contributed by atoms with Crippen LogP contribution < -0.4 is 0 Å². The molecule has 0 atom stereocenters. The quantitative estimate of drug-likeness (QED) is 0.334. The van der Waals surface area contributed by atoms with Crippen LogP contribution in [0.2, 0.25) is 0 Å². The molecule has 0 aliphatic carbocycles. The van der Waals surface area contributed by atoms with Crippen molar-refractivity contribution in [3.05, 3.63) is 12.7 Å². The summed E-state index contributed by atoms with van der Waals surface area (Å²) in [5.41, 5.74) is 0. The summed E-state index contributed by atoms with van der Waals surface area (Å²) in [6.45, 7) is 4.70. The van der Waals surface area contributed by atoms with Crippen LogP contribution in [-0.4, -0.2) is 38.1 Å². The number of hydrogen-bond acceptors (Lipinski definition) is 3. The van der Waals surface area contributed by atoms with Gasteiger partial charge in [0.05, 0.1) is 6.61 Å². The molecule has 0 amide bonds. The first-order valence-electron chi connectivity index (χ1n) is 3.60. The average molecular weight is 157 g/mol.